The quantitative estimate of drug-likeness (QED) is 0.0603. The second-order valence-electron chi connectivity index (χ2n) is 28.8. The largest absolute Gasteiger partial charge is 0.458 e. The van der Waals surface area contributed by atoms with Gasteiger partial charge in [-0.15, -0.1) is 0 Å². The molecule has 3 saturated heterocycles. The molecule has 3 aromatic rings. The molecule has 576 valence electrons. The maximum absolute atomic E-state index is 13.4. The van der Waals surface area contributed by atoms with Crippen LogP contribution in [0.5, 0.6) is 0 Å². The Morgan fingerprint density at radius 2 is 0.717 bits per heavy atom. The summed E-state index contributed by atoms with van der Waals surface area (Å²) in [5, 5.41) is 13.5. The summed E-state index contributed by atoms with van der Waals surface area (Å²) >= 11 is 6.75. The number of hydrogen-bond acceptors (Lipinski definition) is 15. The highest BCUT2D eigenvalue weighted by atomic mass is 35.5. The van der Waals surface area contributed by atoms with Crippen LogP contribution in [0.2, 0.25) is 5.02 Å². The van der Waals surface area contributed by atoms with Crippen molar-refractivity contribution >= 4 is 64.4 Å². The first kappa shape index (κ1) is 84.9. The number of hydrogen-bond donors (Lipinski definition) is 0. The van der Waals surface area contributed by atoms with E-state index in [4.69, 9.17) is 40.3 Å². The minimum absolute atomic E-state index is 0.0262. The van der Waals surface area contributed by atoms with E-state index in [-0.39, 0.29) is 73.8 Å². The molecular formula is C87H119ClN6O12. The van der Waals surface area contributed by atoms with E-state index in [1.165, 1.54) is 12.8 Å². The Morgan fingerprint density at radius 1 is 0.406 bits per heavy atom. The lowest BCUT2D eigenvalue weighted by Gasteiger charge is -2.26. The van der Waals surface area contributed by atoms with Crippen LogP contribution in [-0.2, 0) is 62.4 Å². The van der Waals surface area contributed by atoms with Crippen LogP contribution in [0.15, 0.2) is 119 Å². The van der Waals surface area contributed by atoms with Gasteiger partial charge in [-0.05, 0) is 214 Å². The highest BCUT2D eigenvalue weighted by Crippen LogP contribution is 2.31. The lowest BCUT2D eigenvalue weighted by atomic mass is 9.94. The van der Waals surface area contributed by atoms with E-state index in [1.807, 2.05) is 111 Å². The molecular weight excluding hydrogens is 1360 g/mol. The predicted octanol–water partition coefficient (Wildman–Crippen LogP) is 18.2. The molecule has 106 heavy (non-hydrogen) atoms. The van der Waals surface area contributed by atoms with Crippen molar-refractivity contribution in [2.75, 3.05) is 59.1 Å². The molecule has 6 aliphatic heterocycles. The summed E-state index contributed by atoms with van der Waals surface area (Å²) in [5.74, 6) is -1.04. The van der Waals surface area contributed by atoms with Crippen molar-refractivity contribution in [1.29, 1.82) is 0 Å². The van der Waals surface area contributed by atoms with Crippen LogP contribution in [0.1, 0.15) is 256 Å². The molecule has 0 spiro atoms. The monoisotopic (exact) mass is 1470 g/mol. The van der Waals surface area contributed by atoms with E-state index >= 15 is 0 Å². The summed E-state index contributed by atoms with van der Waals surface area (Å²) in [6.45, 7) is 22.5. The first-order valence-electron chi connectivity index (χ1n) is 39.3. The Hall–Kier alpha value is -8.38. The molecule has 9 rings (SSSR count). The summed E-state index contributed by atoms with van der Waals surface area (Å²) in [6.07, 6.45) is 47.9. The Labute approximate surface area is 636 Å². The Morgan fingerprint density at radius 3 is 1.06 bits per heavy atom. The molecule has 6 heterocycles. The first-order valence-corrected chi connectivity index (χ1v) is 39.7. The van der Waals surface area contributed by atoms with Crippen LogP contribution in [0.3, 0.4) is 0 Å². The Kier molecular flexibility index (Phi) is 37.3. The fourth-order valence-electron chi connectivity index (χ4n) is 14.2. The van der Waals surface area contributed by atoms with Crippen LogP contribution in [0.4, 0.5) is 0 Å². The summed E-state index contributed by atoms with van der Waals surface area (Å²) in [5.41, 5.74) is 11.7. The zero-order chi connectivity index (χ0) is 76.0. The van der Waals surface area contributed by atoms with E-state index in [0.29, 0.717) is 70.1 Å². The standard InChI is InChI=1S/C29H39ClN2O4.2C29H40N2O4/c1-4-13-24-15-10-7-5-6-9-14-23(31-35-20-26(33)32-16-11-8-12-17-32)19-25-27(29(34)36-24)21(2)18-22(3)28(25)30;2*1-4-13-26-15-10-7-5-6-9-14-25(30-34-21-27(32)31-16-11-8-12-17-31)20-24-19-22(2)18-23(3)28(24)29(33)35-26/h7,9-10,14,18,24H,4-6,8,11-13,15-17,19-20H2,1-3H3;2*7,9-10,14,18-19,26H,4-6,8,11-13,15-17,20-21H2,1-3H3/b10-7+,14-9+,31-23-;10-7+,14-9+,30-25+;10-7+,14-9+,30-25-. The lowest BCUT2D eigenvalue weighted by Crippen LogP contribution is -2.37. The zero-order valence-electron chi connectivity index (χ0n) is 65.0. The molecule has 0 radical (unpaired) electrons. The van der Waals surface area contributed by atoms with E-state index in [0.717, 1.165) is 219 Å². The van der Waals surface area contributed by atoms with Gasteiger partial charge in [0.2, 0.25) is 0 Å². The minimum Gasteiger partial charge on any atom is -0.458 e. The number of amides is 3. The van der Waals surface area contributed by atoms with Gasteiger partial charge in [-0.3, -0.25) is 14.4 Å². The number of halogens is 1. The summed E-state index contributed by atoms with van der Waals surface area (Å²) in [7, 11) is 0. The van der Waals surface area contributed by atoms with E-state index < -0.39 is 0 Å². The number of allylic oxidation sites excluding steroid dienone is 9. The van der Waals surface area contributed by atoms with Crippen molar-refractivity contribution < 1.29 is 57.5 Å². The van der Waals surface area contributed by atoms with Gasteiger partial charge in [-0.25, -0.2) is 14.4 Å². The molecule has 3 aromatic carbocycles. The average Bonchev–Trinajstić information content (AvgIpc) is 0.797. The molecule has 0 N–H and O–H groups in total. The van der Waals surface area contributed by atoms with Gasteiger partial charge in [0, 0.05) is 82.8 Å². The van der Waals surface area contributed by atoms with Crippen molar-refractivity contribution in [3.8, 4) is 0 Å². The summed E-state index contributed by atoms with van der Waals surface area (Å²) in [6, 6.07) is 9.98. The number of oxime groups is 3. The number of fused-ring (bicyclic) bond motifs is 3. The smallest absolute Gasteiger partial charge is 0.339 e. The lowest BCUT2D eigenvalue weighted by molar-refractivity contribution is -0.137. The van der Waals surface area contributed by atoms with Crippen LogP contribution in [-0.4, -0.2) is 145 Å². The maximum atomic E-state index is 13.4. The summed E-state index contributed by atoms with van der Waals surface area (Å²) < 4.78 is 17.9. The molecule has 3 fully saturated rings. The number of likely N-dealkylation sites (tertiary alicyclic amines) is 3. The number of carbonyl (C=O) groups excluding carboxylic acids is 6. The van der Waals surface area contributed by atoms with Gasteiger partial charge in [0.15, 0.2) is 19.8 Å². The number of benzene rings is 3. The van der Waals surface area contributed by atoms with E-state index in [1.54, 1.807) is 0 Å². The zero-order valence-corrected chi connectivity index (χ0v) is 65.7. The molecule has 18 nitrogen and oxygen atoms in total. The van der Waals surface area contributed by atoms with Crippen molar-refractivity contribution in [1.82, 2.24) is 14.7 Å². The average molecular weight is 1480 g/mol. The molecule has 3 atom stereocenters. The van der Waals surface area contributed by atoms with Gasteiger partial charge < -0.3 is 43.4 Å². The van der Waals surface area contributed by atoms with Gasteiger partial charge in [-0.1, -0.05) is 163 Å². The van der Waals surface area contributed by atoms with E-state index in [2.05, 4.69) is 84.8 Å². The third kappa shape index (κ3) is 28.7. The second-order valence-corrected chi connectivity index (χ2v) is 29.2. The highest BCUT2D eigenvalue weighted by molar-refractivity contribution is 6.33. The second kappa shape index (κ2) is 46.6. The topological polar surface area (TPSA) is 205 Å². The maximum Gasteiger partial charge on any atom is 0.339 e. The van der Waals surface area contributed by atoms with Crippen LogP contribution < -0.4 is 0 Å². The molecule has 0 aromatic heterocycles. The molecule has 3 amide bonds. The number of esters is 3. The third-order valence-electron chi connectivity index (χ3n) is 19.6. The Bertz CT molecular complexity index is 3520. The SMILES string of the molecule is CCCC1C/C=C/CC/C=C/C(=N/OCC(=O)N2CCCCC2)Cc2c(Cl)c(C)cc(C)c2C(=O)O1.CCCC1C/C=C/CC/C=C/C(=N/OCC(=O)N2CCCCC2)Cc2cc(C)cc(C)c2C(=O)O1.CCCC1C/C=C/CC/C=C/C(=N\OCC(=O)N2CCCCC2)Cc2cc(C)cc(C)c2C(=O)O1. The summed E-state index contributed by atoms with van der Waals surface area (Å²) in [4.78, 5) is 99.5. The van der Waals surface area contributed by atoms with E-state index in [9.17, 15) is 28.8 Å². The fraction of sp³-hybridized carbons (Fsp3) is 0.552. The third-order valence-corrected chi connectivity index (χ3v) is 20.1. The fourth-order valence-corrected chi connectivity index (χ4v) is 14.4. The molecule has 0 saturated carbocycles. The number of cyclic esters (lactones) is 3. The first-order chi connectivity index (χ1) is 51.3. The number of ether oxygens (including phenoxy) is 3. The van der Waals surface area contributed by atoms with Gasteiger partial charge in [0.05, 0.1) is 33.8 Å². The van der Waals surface area contributed by atoms with Crippen LogP contribution in [0.25, 0.3) is 0 Å². The van der Waals surface area contributed by atoms with Gasteiger partial charge >= 0.3 is 17.9 Å². The molecule has 19 heteroatoms. The Balaban J connectivity index is 0.000000222. The normalized spacial score (nSPS) is 22.5. The van der Waals surface area contributed by atoms with Crippen molar-refractivity contribution in [2.45, 2.75) is 254 Å². The van der Waals surface area contributed by atoms with Gasteiger partial charge in [0.25, 0.3) is 17.7 Å². The molecule has 6 aliphatic rings. The number of carbonyl (C=O) groups is 6. The van der Waals surface area contributed by atoms with Crippen LogP contribution in [0, 0.1) is 41.5 Å². The molecule has 0 aliphatic carbocycles. The minimum atomic E-state index is -0.363. The molecule has 0 bridgehead atoms. The van der Waals surface area contributed by atoms with Crippen molar-refractivity contribution in [3.05, 3.63) is 175 Å². The number of nitrogens with zero attached hydrogens (tertiary/aromatic N) is 6. The molecule has 3 unspecified atom stereocenters. The van der Waals surface area contributed by atoms with Crippen LogP contribution >= 0.6 is 11.6 Å². The number of rotatable bonds is 15. The van der Waals surface area contributed by atoms with Gasteiger partial charge in [-0.2, -0.15) is 0 Å². The van der Waals surface area contributed by atoms with Gasteiger partial charge in [0.1, 0.15) is 18.3 Å². The van der Waals surface area contributed by atoms with Crippen molar-refractivity contribution in [2.24, 2.45) is 15.5 Å². The van der Waals surface area contributed by atoms with Crippen molar-refractivity contribution in [3.63, 3.8) is 0 Å². The number of aryl methyl sites for hydroxylation is 6. The number of piperidine rings is 3. The highest BCUT2D eigenvalue weighted by Gasteiger charge is 2.28. The predicted molar refractivity (Wildman–Crippen MR) is 424 cm³/mol.